The van der Waals surface area contributed by atoms with Crippen LogP contribution in [0.15, 0.2) is 18.2 Å². The molecule has 1 unspecified atom stereocenters. The summed E-state index contributed by atoms with van der Waals surface area (Å²) in [5, 5.41) is 6.06. The summed E-state index contributed by atoms with van der Waals surface area (Å²) < 4.78 is 13.0. The fourth-order valence-corrected chi connectivity index (χ4v) is 1.84. The van der Waals surface area contributed by atoms with Crippen LogP contribution in [0.1, 0.15) is 31.9 Å². The zero-order valence-corrected chi connectivity index (χ0v) is 12.8. The van der Waals surface area contributed by atoms with Gasteiger partial charge in [0.05, 0.1) is 6.54 Å². The van der Waals surface area contributed by atoms with Gasteiger partial charge in [-0.05, 0) is 56.0 Å². The Morgan fingerprint density at radius 2 is 2.00 bits per heavy atom. The molecule has 112 valence electrons. The maximum atomic E-state index is 13.0. The van der Waals surface area contributed by atoms with Crippen molar-refractivity contribution in [3.05, 3.63) is 35.1 Å². The normalized spacial score (nSPS) is 12.5. The van der Waals surface area contributed by atoms with E-state index in [-0.39, 0.29) is 17.8 Å². The molecule has 1 rings (SSSR count). The van der Waals surface area contributed by atoms with E-state index in [0.29, 0.717) is 19.0 Å². The maximum absolute atomic E-state index is 13.0. The molecule has 0 saturated heterocycles. The Morgan fingerprint density at radius 1 is 1.30 bits per heavy atom. The molecular formula is C16H25FN2O. The lowest BCUT2D eigenvalue weighted by Gasteiger charge is -2.17. The molecule has 0 aromatic heterocycles. The third-order valence-electron chi connectivity index (χ3n) is 3.55. The van der Waals surface area contributed by atoms with Crippen LogP contribution in [-0.2, 0) is 11.2 Å². The number of nitrogens with one attached hydrogen (secondary N) is 2. The average molecular weight is 280 g/mol. The Hall–Kier alpha value is -1.42. The standard InChI is InChI=1S/C16H25FN2O/c1-11(2)13(4)19-16(20)10-18-8-7-14-5-6-15(17)9-12(14)3/h5-6,9,11,13,18H,7-8,10H2,1-4H3,(H,19,20). The number of aryl methyl sites for hydroxylation is 1. The van der Waals surface area contributed by atoms with Crippen LogP contribution >= 0.6 is 0 Å². The Labute approximate surface area is 121 Å². The molecule has 0 fully saturated rings. The zero-order valence-electron chi connectivity index (χ0n) is 12.8. The lowest BCUT2D eigenvalue weighted by molar-refractivity contribution is -0.121. The first-order chi connectivity index (χ1) is 9.40. The second-order valence-corrected chi connectivity index (χ2v) is 5.60. The number of carbonyl (C=O) groups is 1. The zero-order chi connectivity index (χ0) is 15.1. The van der Waals surface area contributed by atoms with E-state index in [1.807, 2.05) is 13.8 Å². The average Bonchev–Trinajstić information content (AvgIpc) is 2.36. The molecule has 0 heterocycles. The van der Waals surface area contributed by atoms with Gasteiger partial charge in [0.2, 0.25) is 5.91 Å². The van der Waals surface area contributed by atoms with E-state index in [9.17, 15) is 9.18 Å². The summed E-state index contributed by atoms with van der Waals surface area (Å²) in [6.07, 6.45) is 0.791. The third-order valence-corrected chi connectivity index (χ3v) is 3.55. The molecule has 20 heavy (non-hydrogen) atoms. The number of rotatable bonds is 7. The quantitative estimate of drug-likeness (QED) is 0.753. The van der Waals surface area contributed by atoms with Gasteiger partial charge in [-0.2, -0.15) is 0 Å². The Bertz CT molecular complexity index is 446. The molecule has 1 aromatic rings. The number of carbonyl (C=O) groups excluding carboxylic acids is 1. The van der Waals surface area contributed by atoms with Crippen LogP contribution in [-0.4, -0.2) is 25.0 Å². The van der Waals surface area contributed by atoms with Gasteiger partial charge in [0.15, 0.2) is 0 Å². The fraction of sp³-hybridized carbons (Fsp3) is 0.562. The SMILES string of the molecule is Cc1cc(F)ccc1CCNCC(=O)NC(C)C(C)C. The van der Waals surface area contributed by atoms with Crippen LogP contribution in [0.3, 0.4) is 0 Å². The van der Waals surface area contributed by atoms with Gasteiger partial charge in [-0.1, -0.05) is 19.9 Å². The highest BCUT2D eigenvalue weighted by molar-refractivity contribution is 5.78. The molecule has 4 heteroatoms. The van der Waals surface area contributed by atoms with Crippen LogP contribution < -0.4 is 10.6 Å². The molecule has 0 aliphatic heterocycles. The maximum Gasteiger partial charge on any atom is 0.234 e. The molecule has 0 aliphatic rings. The summed E-state index contributed by atoms with van der Waals surface area (Å²) in [5.41, 5.74) is 2.06. The van der Waals surface area contributed by atoms with E-state index in [1.54, 1.807) is 6.07 Å². The molecule has 2 N–H and O–H groups in total. The van der Waals surface area contributed by atoms with E-state index >= 15 is 0 Å². The molecule has 1 atom stereocenters. The van der Waals surface area contributed by atoms with Crippen LogP contribution in [0.2, 0.25) is 0 Å². The van der Waals surface area contributed by atoms with Crippen LogP contribution in [0, 0.1) is 18.7 Å². The second kappa shape index (κ2) is 8.00. The smallest absolute Gasteiger partial charge is 0.234 e. The van der Waals surface area contributed by atoms with Gasteiger partial charge in [0.1, 0.15) is 5.82 Å². The highest BCUT2D eigenvalue weighted by atomic mass is 19.1. The monoisotopic (exact) mass is 280 g/mol. The largest absolute Gasteiger partial charge is 0.352 e. The number of halogens is 1. The van der Waals surface area contributed by atoms with E-state index in [0.717, 1.165) is 17.5 Å². The van der Waals surface area contributed by atoms with Crippen molar-refractivity contribution < 1.29 is 9.18 Å². The molecule has 0 bridgehead atoms. The Balaban J connectivity index is 2.26. The molecule has 1 amide bonds. The van der Waals surface area contributed by atoms with E-state index < -0.39 is 0 Å². The van der Waals surface area contributed by atoms with Gasteiger partial charge >= 0.3 is 0 Å². The van der Waals surface area contributed by atoms with Crippen molar-refractivity contribution >= 4 is 5.91 Å². The highest BCUT2D eigenvalue weighted by Crippen LogP contribution is 2.10. The lowest BCUT2D eigenvalue weighted by Crippen LogP contribution is -2.41. The minimum atomic E-state index is -0.207. The van der Waals surface area contributed by atoms with Gasteiger partial charge in [0.25, 0.3) is 0 Å². The Morgan fingerprint density at radius 3 is 2.60 bits per heavy atom. The highest BCUT2D eigenvalue weighted by Gasteiger charge is 2.10. The number of hydrogen-bond donors (Lipinski definition) is 2. The minimum absolute atomic E-state index is 0.0158. The molecule has 3 nitrogen and oxygen atoms in total. The molecule has 1 aromatic carbocycles. The topological polar surface area (TPSA) is 41.1 Å². The molecule has 0 saturated carbocycles. The number of hydrogen-bond acceptors (Lipinski definition) is 2. The van der Waals surface area contributed by atoms with Gasteiger partial charge < -0.3 is 10.6 Å². The Kier molecular flexibility index (Phi) is 6.65. The van der Waals surface area contributed by atoms with Gasteiger partial charge in [-0.25, -0.2) is 4.39 Å². The van der Waals surface area contributed by atoms with Crippen molar-refractivity contribution in [1.82, 2.24) is 10.6 Å². The lowest BCUT2D eigenvalue weighted by atomic mass is 10.1. The van der Waals surface area contributed by atoms with Crippen molar-refractivity contribution in [2.24, 2.45) is 5.92 Å². The second-order valence-electron chi connectivity index (χ2n) is 5.60. The van der Waals surface area contributed by atoms with Crippen LogP contribution in [0.5, 0.6) is 0 Å². The summed E-state index contributed by atoms with van der Waals surface area (Å²) in [7, 11) is 0. The van der Waals surface area contributed by atoms with E-state index in [1.165, 1.54) is 12.1 Å². The first-order valence-electron chi connectivity index (χ1n) is 7.15. The van der Waals surface area contributed by atoms with Crippen LogP contribution in [0.25, 0.3) is 0 Å². The molecule has 0 spiro atoms. The number of amides is 1. The third kappa shape index (κ3) is 5.70. The first kappa shape index (κ1) is 16.6. The predicted octanol–water partition coefficient (Wildman–Crippen LogP) is 2.43. The molecule has 0 radical (unpaired) electrons. The molecule has 0 aliphatic carbocycles. The van der Waals surface area contributed by atoms with Crippen molar-refractivity contribution in [3.63, 3.8) is 0 Å². The van der Waals surface area contributed by atoms with Crippen molar-refractivity contribution in [2.45, 2.75) is 40.2 Å². The summed E-state index contributed by atoms with van der Waals surface area (Å²) >= 11 is 0. The number of benzene rings is 1. The summed E-state index contributed by atoms with van der Waals surface area (Å²) in [6.45, 7) is 9.08. The van der Waals surface area contributed by atoms with Gasteiger partial charge in [-0.3, -0.25) is 4.79 Å². The summed E-state index contributed by atoms with van der Waals surface area (Å²) in [4.78, 5) is 11.7. The van der Waals surface area contributed by atoms with Gasteiger partial charge in [-0.15, -0.1) is 0 Å². The first-order valence-corrected chi connectivity index (χ1v) is 7.15. The minimum Gasteiger partial charge on any atom is -0.352 e. The summed E-state index contributed by atoms with van der Waals surface area (Å²) in [5.74, 6) is 0.240. The molecular weight excluding hydrogens is 255 g/mol. The predicted molar refractivity (Wildman–Crippen MR) is 80.2 cm³/mol. The summed E-state index contributed by atoms with van der Waals surface area (Å²) in [6, 6.07) is 4.99. The van der Waals surface area contributed by atoms with E-state index in [2.05, 4.69) is 24.5 Å². The van der Waals surface area contributed by atoms with E-state index in [4.69, 9.17) is 0 Å². The van der Waals surface area contributed by atoms with Crippen molar-refractivity contribution in [2.75, 3.05) is 13.1 Å². The van der Waals surface area contributed by atoms with Crippen molar-refractivity contribution in [3.8, 4) is 0 Å². The van der Waals surface area contributed by atoms with Gasteiger partial charge in [0, 0.05) is 6.04 Å². The van der Waals surface area contributed by atoms with Crippen molar-refractivity contribution in [1.29, 1.82) is 0 Å². The van der Waals surface area contributed by atoms with Crippen LogP contribution in [0.4, 0.5) is 4.39 Å². The fourth-order valence-electron chi connectivity index (χ4n) is 1.84.